The van der Waals surface area contributed by atoms with Gasteiger partial charge in [-0.3, -0.25) is 24.1 Å². The van der Waals surface area contributed by atoms with Gasteiger partial charge in [-0.1, -0.05) is 6.07 Å². The van der Waals surface area contributed by atoms with Crippen molar-refractivity contribution < 1.29 is 38.9 Å². The predicted molar refractivity (Wildman–Crippen MR) is 110 cm³/mol. The molecular weight excluding hydrogens is 448 g/mol. The molecule has 12 heteroatoms. The van der Waals surface area contributed by atoms with Crippen LogP contribution >= 0.6 is 23.1 Å². The molecule has 3 heterocycles. The molecule has 1 aromatic heterocycles. The average Bonchev–Trinajstić information content (AvgIpc) is 3.22. The lowest BCUT2D eigenvalue weighted by atomic mass is 10.0. The highest BCUT2D eigenvalue weighted by molar-refractivity contribution is 8.00. The first-order valence-corrected chi connectivity index (χ1v) is 11.3. The van der Waals surface area contributed by atoms with E-state index in [0.29, 0.717) is 0 Å². The van der Waals surface area contributed by atoms with Gasteiger partial charge >= 0.3 is 17.9 Å². The molecule has 0 bridgehead atoms. The van der Waals surface area contributed by atoms with Crippen LogP contribution in [0.5, 0.6) is 0 Å². The van der Waals surface area contributed by atoms with Gasteiger partial charge in [0.1, 0.15) is 23.7 Å². The monoisotopic (exact) mass is 468 g/mol. The molecule has 3 rings (SSSR count). The first-order valence-electron chi connectivity index (χ1n) is 9.37. The Hall–Kier alpha value is -2.86. The second-order valence-electron chi connectivity index (χ2n) is 6.88. The van der Waals surface area contributed by atoms with E-state index in [9.17, 15) is 29.1 Å². The van der Waals surface area contributed by atoms with Crippen molar-refractivity contribution in [2.24, 2.45) is 0 Å². The summed E-state index contributed by atoms with van der Waals surface area (Å²) in [4.78, 5) is 60.8. The number of nitrogens with one attached hydrogen (secondary N) is 1. The zero-order valence-corrected chi connectivity index (χ0v) is 17.9. The summed E-state index contributed by atoms with van der Waals surface area (Å²) in [7, 11) is 0. The Bertz CT molecular complexity index is 927. The minimum absolute atomic E-state index is 0.0985. The summed E-state index contributed by atoms with van der Waals surface area (Å²) in [5, 5.41) is 22.2. The quantitative estimate of drug-likeness (QED) is 0.335. The lowest BCUT2D eigenvalue weighted by Crippen LogP contribution is -2.70. The van der Waals surface area contributed by atoms with Crippen molar-refractivity contribution in [3.05, 3.63) is 33.7 Å². The maximum absolute atomic E-state index is 12.6. The zero-order valence-electron chi connectivity index (χ0n) is 16.2. The number of carboxylic acids is 2. The molecular formula is C19H20N2O8S2. The first kappa shape index (κ1) is 22.8. The molecule has 166 valence electrons. The van der Waals surface area contributed by atoms with Gasteiger partial charge in [-0.15, -0.1) is 23.1 Å². The molecule has 2 atom stereocenters. The number of hydrogen-bond donors (Lipinski definition) is 3. The van der Waals surface area contributed by atoms with Crippen LogP contribution in [0, 0.1) is 0 Å². The van der Waals surface area contributed by atoms with E-state index in [-0.39, 0.29) is 55.2 Å². The Labute approximate surface area is 185 Å². The third-order valence-corrected chi connectivity index (χ3v) is 6.88. The molecule has 2 amide bonds. The number of amides is 2. The van der Waals surface area contributed by atoms with E-state index in [2.05, 4.69) is 5.32 Å². The second-order valence-corrected chi connectivity index (χ2v) is 9.01. The maximum atomic E-state index is 12.6. The number of thiophene rings is 1. The average molecular weight is 469 g/mol. The van der Waals surface area contributed by atoms with Gasteiger partial charge in [0, 0.05) is 29.0 Å². The number of carboxylic acid groups (broad SMARTS) is 2. The number of aliphatic carboxylic acids is 2. The number of nitrogens with zero attached hydrogens (tertiary/aromatic N) is 1. The number of rotatable bonds is 10. The Morgan fingerprint density at radius 3 is 2.65 bits per heavy atom. The molecule has 0 aromatic carbocycles. The highest BCUT2D eigenvalue weighted by atomic mass is 32.2. The maximum Gasteiger partial charge on any atom is 0.352 e. The van der Waals surface area contributed by atoms with Crippen molar-refractivity contribution in [1.29, 1.82) is 0 Å². The van der Waals surface area contributed by atoms with Crippen molar-refractivity contribution in [2.75, 3.05) is 12.4 Å². The molecule has 0 radical (unpaired) electrons. The van der Waals surface area contributed by atoms with Crippen LogP contribution in [0.4, 0.5) is 0 Å². The molecule has 1 aromatic rings. The van der Waals surface area contributed by atoms with E-state index < -0.39 is 35.2 Å². The summed E-state index contributed by atoms with van der Waals surface area (Å²) in [5.41, 5.74) is 0.0351. The van der Waals surface area contributed by atoms with Gasteiger partial charge in [0.05, 0.1) is 6.42 Å². The molecule has 0 aliphatic carbocycles. The molecule has 0 saturated carbocycles. The highest BCUT2D eigenvalue weighted by Crippen LogP contribution is 2.40. The zero-order chi connectivity index (χ0) is 22.5. The van der Waals surface area contributed by atoms with Gasteiger partial charge in [-0.05, 0) is 17.9 Å². The number of esters is 1. The van der Waals surface area contributed by atoms with E-state index in [0.717, 1.165) is 9.78 Å². The lowest BCUT2D eigenvalue weighted by molar-refractivity contribution is -0.151. The molecule has 10 nitrogen and oxygen atoms in total. The van der Waals surface area contributed by atoms with Crippen LogP contribution in [0.3, 0.4) is 0 Å². The van der Waals surface area contributed by atoms with Gasteiger partial charge in [0.2, 0.25) is 5.91 Å². The van der Waals surface area contributed by atoms with Crippen molar-refractivity contribution in [3.8, 4) is 0 Å². The first-order chi connectivity index (χ1) is 14.8. The largest absolute Gasteiger partial charge is 0.481 e. The molecule has 1 fully saturated rings. The van der Waals surface area contributed by atoms with Crippen LogP contribution in [0.25, 0.3) is 0 Å². The van der Waals surface area contributed by atoms with Crippen molar-refractivity contribution in [1.82, 2.24) is 10.2 Å². The molecule has 31 heavy (non-hydrogen) atoms. The summed E-state index contributed by atoms with van der Waals surface area (Å²) in [6.45, 7) is -0.299. The fourth-order valence-corrected chi connectivity index (χ4v) is 5.24. The van der Waals surface area contributed by atoms with Crippen LogP contribution in [0.1, 0.15) is 24.1 Å². The number of thioether (sulfide) groups is 1. The number of hydrogen-bond acceptors (Lipinski definition) is 8. The van der Waals surface area contributed by atoms with Crippen LogP contribution in [0.15, 0.2) is 28.8 Å². The Balaban J connectivity index is 1.59. The fraction of sp³-hybridized carbons (Fsp3) is 0.421. The lowest BCUT2D eigenvalue weighted by Gasteiger charge is -2.49. The standard InChI is InChI=1S/C19H20N2O8S2/c22-12(7-11-3-2-6-30-11)20-15-17(26)21-16(19(27)28)10(9-31-18(15)21)8-29-14(25)5-1-4-13(23)24/h2-3,6,15,18H,1,4-5,7-9H2,(H,20,22)(H,23,24)(H,27,28)/t15-,18-/m1/s1. The normalized spacial score (nSPS) is 20.0. The van der Waals surface area contributed by atoms with Gasteiger partial charge < -0.3 is 20.3 Å². The molecule has 0 unspecified atom stereocenters. The third kappa shape index (κ3) is 5.44. The summed E-state index contributed by atoms with van der Waals surface area (Å²) in [6, 6.07) is 2.83. The van der Waals surface area contributed by atoms with E-state index in [1.165, 1.54) is 23.1 Å². The smallest absolute Gasteiger partial charge is 0.352 e. The van der Waals surface area contributed by atoms with E-state index >= 15 is 0 Å². The Morgan fingerprint density at radius 1 is 1.23 bits per heavy atom. The predicted octanol–water partition coefficient (Wildman–Crippen LogP) is 0.827. The van der Waals surface area contributed by atoms with E-state index in [4.69, 9.17) is 9.84 Å². The minimum Gasteiger partial charge on any atom is -0.481 e. The molecule has 1 saturated heterocycles. The van der Waals surface area contributed by atoms with Crippen molar-refractivity contribution in [3.63, 3.8) is 0 Å². The Kier molecular flexibility index (Phi) is 7.33. The van der Waals surface area contributed by atoms with Crippen LogP contribution in [0.2, 0.25) is 0 Å². The number of carbonyl (C=O) groups excluding carboxylic acids is 3. The molecule has 2 aliphatic rings. The molecule has 0 spiro atoms. The fourth-order valence-electron chi connectivity index (χ4n) is 3.21. The number of carbonyl (C=O) groups is 5. The summed E-state index contributed by atoms with van der Waals surface area (Å²) < 4.78 is 5.06. The second kappa shape index (κ2) is 9.96. The van der Waals surface area contributed by atoms with Crippen LogP contribution < -0.4 is 5.32 Å². The minimum atomic E-state index is -1.32. The number of fused-ring (bicyclic) bond motifs is 1. The molecule has 3 N–H and O–H groups in total. The van der Waals surface area contributed by atoms with Gasteiger partial charge in [-0.2, -0.15) is 0 Å². The SMILES string of the molecule is O=C(O)CCCC(=O)OCC1=C(C(=O)O)N2C(=O)[C@@H](NC(=O)Cc3cccs3)[C@H]2SC1. The van der Waals surface area contributed by atoms with E-state index in [1.54, 1.807) is 0 Å². The van der Waals surface area contributed by atoms with E-state index in [1.807, 2.05) is 17.5 Å². The van der Waals surface area contributed by atoms with Gasteiger partial charge in [-0.25, -0.2) is 4.79 Å². The van der Waals surface area contributed by atoms with Crippen molar-refractivity contribution >= 4 is 52.8 Å². The Morgan fingerprint density at radius 2 is 2.00 bits per heavy atom. The van der Waals surface area contributed by atoms with Gasteiger partial charge in [0.25, 0.3) is 5.91 Å². The van der Waals surface area contributed by atoms with Crippen LogP contribution in [-0.2, 0) is 35.1 Å². The molecule has 2 aliphatic heterocycles. The highest BCUT2D eigenvalue weighted by Gasteiger charge is 2.54. The number of ether oxygens (including phenoxy) is 1. The van der Waals surface area contributed by atoms with Crippen molar-refractivity contribution in [2.45, 2.75) is 37.1 Å². The van der Waals surface area contributed by atoms with Crippen LogP contribution in [-0.4, -0.2) is 68.6 Å². The van der Waals surface area contributed by atoms with Gasteiger partial charge in [0.15, 0.2) is 0 Å². The summed E-state index contributed by atoms with van der Waals surface area (Å²) in [5.74, 6) is -3.61. The summed E-state index contributed by atoms with van der Waals surface area (Å²) >= 11 is 2.71. The third-order valence-electron chi connectivity index (χ3n) is 4.66. The topological polar surface area (TPSA) is 150 Å². The number of β-lactam (4-membered cyclic amide) rings is 1. The summed E-state index contributed by atoms with van der Waals surface area (Å²) in [6.07, 6.45) is -0.00680.